The van der Waals surface area contributed by atoms with E-state index < -0.39 is 29.9 Å². The molecule has 29 heavy (non-hydrogen) atoms. The number of hydrogen-bond donors (Lipinski definition) is 2. The third-order valence-electron chi connectivity index (χ3n) is 4.08. The van der Waals surface area contributed by atoms with Gasteiger partial charge in [-0.05, 0) is 24.3 Å². The van der Waals surface area contributed by atoms with Crippen LogP contribution >= 0.6 is 0 Å². The second-order valence-corrected chi connectivity index (χ2v) is 7.15. The molecule has 1 aromatic rings. The van der Waals surface area contributed by atoms with Crippen LogP contribution in [0.3, 0.4) is 0 Å². The topological polar surface area (TPSA) is 111 Å². The van der Waals surface area contributed by atoms with Crippen molar-refractivity contribution >= 4 is 23.8 Å². The van der Waals surface area contributed by atoms with Gasteiger partial charge in [-0.2, -0.15) is 0 Å². The molecule has 160 valence electrons. The summed E-state index contributed by atoms with van der Waals surface area (Å²) < 4.78 is 9.91. The van der Waals surface area contributed by atoms with Gasteiger partial charge in [-0.15, -0.1) is 0 Å². The second-order valence-electron chi connectivity index (χ2n) is 7.15. The molecule has 0 saturated heterocycles. The van der Waals surface area contributed by atoms with Gasteiger partial charge in [0.1, 0.15) is 18.7 Å². The zero-order chi connectivity index (χ0) is 21.8. The number of amides is 2. The Labute approximate surface area is 171 Å². The van der Waals surface area contributed by atoms with Gasteiger partial charge in [-0.1, -0.05) is 44.2 Å². The van der Waals surface area contributed by atoms with E-state index in [1.165, 1.54) is 14.0 Å². The zero-order valence-corrected chi connectivity index (χ0v) is 17.4. The molecule has 0 aliphatic carbocycles. The highest BCUT2D eigenvalue weighted by atomic mass is 16.5. The summed E-state index contributed by atoms with van der Waals surface area (Å²) in [4.78, 5) is 48.0. The van der Waals surface area contributed by atoms with E-state index >= 15 is 0 Å². The molecule has 0 unspecified atom stereocenters. The monoisotopic (exact) mass is 406 g/mol. The minimum atomic E-state index is -1.01. The van der Waals surface area contributed by atoms with Gasteiger partial charge < -0.3 is 20.1 Å². The Bertz CT molecular complexity index is 690. The van der Waals surface area contributed by atoms with Crippen molar-refractivity contribution in [2.75, 3.05) is 7.11 Å². The zero-order valence-electron chi connectivity index (χ0n) is 17.4. The molecular weight excluding hydrogens is 376 g/mol. The van der Waals surface area contributed by atoms with Crippen molar-refractivity contribution in [3.8, 4) is 0 Å². The van der Waals surface area contributed by atoms with Gasteiger partial charge in [0.25, 0.3) is 0 Å². The fourth-order valence-electron chi connectivity index (χ4n) is 2.68. The molecule has 0 heterocycles. The largest absolute Gasteiger partial charge is 0.467 e. The fraction of sp³-hybridized carbons (Fsp3) is 0.524. The Balaban J connectivity index is 2.63. The van der Waals surface area contributed by atoms with Crippen molar-refractivity contribution in [1.29, 1.82) is 0 Å². The number of methoxy groups -OCH3 is 1. The molecule has 0 saturated carbocycles. The molecule has 0 aliphatic heterocycles. The number of ether oxygens (including phenoxy) is 2. The molecule has 0 aromatic heterocycles. The third-order valence-corrected chi connectivity index (χ3v) is 4.08. The number of carbonyl (C=O) groups excluding carboxylic acids is 4. The van der Waals surface area contributed by atoms with E-state index in [0.717, 1.165) is 5.56 Å². The van der Waals surface area contributed by atoms with Crippen molar-refractivity contribution in [2.24, 2.45) is 5.92 Å². The summed E-state index contributed by atoms with van der Waals surface area (Å²) in [5.74, 6) is -1.84. The average molecular weight is 406 g/mol. The molecule has 0 aliphatic rings. The predicted octanol–water partition coefficient (Wildman–Crippen LogP) is 1.72. The molecule has 0 spiro atoms. The lowest BCUT2D eigenvalue weighted by Crippen LogP contribution is -2.52. The van der Waals surface area contributed by atoms with Crippen LogP contribution in [0, 0.1) is 5.92 Å². The maximum Gasteiger partial charge on any atom is 0.328 e. The lowest BCUT2D eigenvalue weighted by molar-refractivity contribution is -0.148. The Kier molecular flexibility index (Phi) is 10.4. The summed E-state index contributed by atoms with van der Waals surface area (Å²) in [6.45, 7) is 5.29. The summed E-state index contributed by atoms with van der Waals surface area (Å²) >= 11 is 0. The first-order chi connectivity index (χ1) is 13.7. The molecule has 1 aromatic carbocycles. The number of rotatable bonds is 11. The van der Waals surface area contributed by atoms with Crippen molar-refractivity contribution in [1.82, 2.24) is 10.6 Å². The van der Waals surface area contributed by atoms with Crippen molar-refractivity contribution < 1.29 is 28.7 Å². The van der Waals surface area contributed by atoms with E-state index in [4.69, 9.17) is 9.47 Å². The lowest BCUT2D eigenvalue weighted by Gasteiger charge is -2.22. The van der Waals surface area contributed by atoms with Gasteiger partial charge in [0.2, 0.25) is 11.8 Å². The number of carbonyl (C=O) groups is 4. The van der Waals surface area contributed by atoms with E-state index in [1.54, 1.807) is 0 Å². The number of hydrogen-bond acceptors (Lipinski definition) is 6. The van der Waals surface area contributed by atoms with E-state index in [-0.39, 0.29) is 31.3 Å². The molecular formula is C21H30N2O6. The van der Waals surface area contributed by atoms with Crippen molar-refractivity contribution in [3.05, 3.63) is 35.9 Å². The Morgan fingerprint density at radius 3 is 2.21 bits per heavy atom. The summed E-state index contributed by atoms with van der Waals surface area (Å²) in [7, 11) is 1.20. The Morgan fingerprint density at radius 1 is 1.00 bits per heavy atom. The quantitative estimate of drug-likeness (QED) is 0.542. The average Bonchev–Trinajstić information content (AvgIpc) is 2.68. The first kappa shape index (κ1) is 24.1. The van der Waals surface area contributed by atoms with Gasteiger partial charge in [0, 0.05) is 13.3 Å². The van der Waals surface area contributed by atoms with Crippen LogP contribution < -0.4 is 10.6 Å². The normalized spacial score (nSPS) is 12.6. The molecule has 0 fully saturated rings. The summed E-state index contributed by atoms with van der Waals surface area (Å²) in [6, 6.07) is 7.43. The predicted molar refractivity (Wildman–Crippen MR) is 106 cm³/mol. The maximum atomic E-state index is 12.6. The highest BCUT2D eigenvalue weighted by Crippen LogP contribution is 2.09. The minimum Gasteiger partial charge on any atom is -0.467 e. The van der Waals surface area contributed by atoms with E-state index in [0.29, 0.717) is 6.42 Å². The standard InChI is InChI=1S/C21H30N2O6/c1-14(2)12-18(22-15(3)24)20(26)23-17(21(27)28-4)10-11-19(25)29-13-16-8-6-5-7-9-16/h5-9,14,17-18H,10-13H2,1-4H3,(H,22,24)(H,23,26)/t17-,18+/m1/s1. The summed E-state index contributed by atoms with van der Waals surface area (Å²) in [6.07, 6.45) is 0.376. The molecule has 8 heteroatoms. The van der Waals surface area contributed by atoms with Gasteiger partial charge in [-0.3, -0.25) is 14.4 Å². The van der Waals surface area contributed by atoms with Gasteiger partial charge in [-0.25, -0.2) is 4.79 Å². The van der Waals surface area contributed by atoms with Crippen LogP contribution in [-0.2, 0) is 35.3 Å². The summed E-state index contributed by atoms with van der Waals surface area (Å²) in [5.41, 5.74) is 0.852. The number of benzene rings is 1. The van der Waals surface area contributed by atoms with Crippen molar-refractivity contribution in [2.45, 2.75) is 58.7 Å². The smallest absolute Gasteiger partial charge is 0.328 e. The van der Waals surface area contributed by atoms with Crippen LogP contribution in [-0.4, -0.2) is 42.9 Å². The van der Waals surface area contributed by atoms with Gasteiger partial charge in [0.05, 0.1) is 7.11 Å². The Morgan fingerprint density at radius 2 is 1.66 bits per heavy atom. The Hall–Kier alpha value is -2.90. The first-order valence-electron chi connectivity index (χ1n) is 9.57. The van der Waals surface area contributed by atoms with Gasteiger partial charge in [0.15, 0.2) is 0 Å². The highest BCUT2D eigenvalue weighted by molar-refractivity contribution is 5.90. The van der Waals surface area contributed by atoms with E-state index in [1.807, 2.05) is 44.2 Å². The third kappa shape index (κ3) is 9.73. The highest BCUT2D eigenvalue weighted by Gasteiger charge is 2.27. The van der Waals surface area contributed by atoms with Crippen LogP contribution in [0.5, 0.6) is 0 Å². The van der Waals surface area contributed by atoms with E-state index in [2.05, 4.69) is 10.6 Å². The first-order valence-corrected chi connectivity index (χ1v) is 9.57. The molecule has 0 bridgehead atoms. The molecule has 2 amide bonds. The summed E-state index contributed by atoms with van der Waals surface area (Å²) in [5, 5.41) is 5.15. The van der Waals surface area contributed by atoms with Gasteiger partial charge >= 0.3 is 11.9 Å². The van der Waals surface area contributed by atoms with Crippen LogP contribution in [0.2, 0.25) is 0 Å². The fourth-order valence-corrected chi connectivity index (χ4v) is 2.68. The van der Waals surface area contributed by atoms with E-state index in [9.17, 15) is 19.2 Å². The molecule has 0 radical (unpaired) electrons. The number of nitrogens with one attached hydrogen (secondary N) is 2. The van der Waals surface area contributed by atoms with Crippen LogP contribution in [0.1, 0.15) is 45.6 Å². The molecule has 1 rings (SSSR count). The van der Waals surface area contributed by atoms with Crippen LogP contribution in [0.15, 0.2) is 30.3 Å². The molecule has 2 atom stereocenters. The maximum absolute atomic E-state index is 12.6. The minimum absolute atomic E-state index is 0.0283. The second kappa shape index (κ2) is 12.5. The van der Waals surface area contributed by atoms with Crippen molar-refractivity contribution in [3.63, 3.8) is 0 Å². The van der Waals surface area contributed by atoms with Crippen LogP contribution in [0.25, 0.3) is 0 Å². The molecule has 2 N–H and O–H groups in total. The molecule has 8 nitrogen and oxygen atoms in total. The SMILES string of the molecule is COC(=O)[C@@H](CCC(=O)OCc1ccccc1)NC(=O)[C@H](CC(C)C)NC(C)=O. The van der Waals surface area contributed by atoms with Crippen LogP contribution in [0.4, 0.5) is 0 Å². The number of esters is 2. The lowest BCUT2D eigenvalue weighted by atomic mass is 10.0.